The molecule has 7 nitrogen and oxygen atoms in total. The molecule has 1 N–H and O–H groups in total. The number of hydrogen-bond acceptors (Lipinski definition) is 4. The second kappa shape index (κ2) is 15.8. The number of nitrogens with zero attached hydrogens (tertiary/aromatic N) is 2. The topological polar surface area (TPSA) is 86.8 Å². The van der Waals surface area contributed by atoms with Crippen LogP contribution in [0.5, 0.6) is 0 Å². The van der Waals surface area contributed by atoms with E-state index in [2.05, 4.69) is 5.32 Å². The van der Waals surface area contributed by atoms with Gasteiger partial charge in [-0.05, 0) is 66.8 Å². The van der Waals surface area contributed by atoms with Crippen LogP contribution < -0.4 is 9.62 Å². The fraction of sp³-hybridized carbons (Fsp3) is 0.297. The van der Waals surface area contributed by atoms with Gasteiger partial charge in [-0.3, -0.25) is 13.9 Å². The van der Waals surface area contributed by atoms with E-state index in [9.17, 15) is 18.0 Å². The standard InChI is InChI=1S/C37H39Cl2N3O4S/c1-27-13-11-12-16-29(27)25-41(35(23-28-14-5-2-6-15-28)37(44)40-31-17-7-3-8-18-31)36(43)26-42(34-24-30(38)21-22-33(34)39)47(45,46)32-19-9-4-10-20-32/h2,4-6,9-16,19-22,24,31,35H,3,7-8,17-18,23,25-26H2,1H3,(H,40,44). The van der Waals surface area contributed by atoms with E-state index < -0.39 is 28.5 Å². The molecule has 4 aromatic rings. The third-order valence-electron chi connectivity index (χ3n) is 8.61. The number of hydrogen-bond donors (Lipinski definition) is 1. The van der Waals surface area contributed by atoms with E-state index >= 15 is 0 Å². The van der Waals surface area contributed by atoms with Crippen molar-refractivity contribution in [2.45, 2.75) is 69.0 Å². The van der Waals surface area contributed by atoms with Crippen LogP contribution in [0.25, 0.3) is 0 Å². The van der Waals surface area contributed by atoms with Crippen LogP contribution >= 0.6 is 23.2 Å². The van der Waals surface area contributed by atoms with Gasteiger partial charge in [0.2, 0.25) is 11.8 Å². The third kappa shape index (κ3) is 8.74. The van der Waals surface area contributed by atoms with Crippen molar-refractivity contribution in [1.29, 1.82) is 0 Å². The summed E-state index contributed by atoms with van der Waals surface area (Å²) in [7, 11) is -4.29. The number of aryl methyl sites for hydroxylation is 1. The molecule has 0 aliphatic heterocycles. The summed E-state index contributed by atoms with van der Waals surface area (Å²) in [6.45, 7) is 1.44. The summed E-state index contributed by atoms with van der Waals surface area (Å²) < 4.78 is 29.4. The first-order valence-electron chi connectivity index (χ1n) is 15.8. The van der Waals surface area contributed by atoms with Gasteiger partial charge in [0.1, 0.15) is 12.6 Å². The van der Waals surface area contributed by atoms with Crippen LogP contribution in [-0.2, 0) is 32.6 Å². The molecule has 0 spiro atoms. The highest BCUT2D eigenvalue weighted by atomic mass is 35.5. The molecule has 246 valence electrons. The maximum absolute atomic E-state index is 14.7. The highest BCUT2D eigenvalue weighted by Crippen LogP contribution is 2.33. The molecule has 0 aromatic heterocycles. The lowest BCUT2D eigenvalue weighted by Gasteiger charge is -2.35. The van der Waals surface area contributed by atoms with E-state index in [4.69, 9.17) is 23.2 Å². The lowest BCUT2D eigenvalue weighted by molar-refractivity contribution is -0.140. The number of rotatable bonds is 12. The molecule has 0 radical (unpaired) electrons. The quantitative estimate of drug-likeness (QED) is 0.166. The van der Waals surface area contributed by atoms with Crippen molar-refractivity contribution in [2.24, 2.45) is 0 Å². The normalized spacial score (nSPS) is 14.3. The van der Waals surface area contributed by atoms with Crippen molar-refractivity contribution in [3.63, 3.8) is 0 Å². The maximum atomic E-state index is 14.7. The fourth-order valence-corrected chi connectivity index (χ4v) is 7.86. The van der Waals surface area contributed by atoms with Crippen LogP contribution in [0.3, 0.4) is 0 Å². The molecule has 0 bridgehead atoms. The van der Waals surface area contributed by atoms with Gasteiger partial charge >= 0.3 is 0 Å². The molecule has 2 amide bonds. The van der Waals surface area contributed by atoms with Crippen LogP contribution in [0.4, 0.5) is 5.69 Å². The monoisotopic (exact) mass is 691 g/mol. The molecule has 5 rings (SSSR count). The zero-order valence-electron chi connectivity index (χ0n) is 26.3. The van der Waals surface area contributed by atoms with Gasteiger partial charge in [0.15, 0.2) is 0 Å². The number of carbonyl (C=O) groups is 2. The van der Waals surface area contributed by atoms with Crippen LogP contribution in [-0.4, -0.2) is 43.8 Å². The molecule has 1 aliphatic carbocycles. The van der Waals surface area contributed by atoms with Gasteiger partial charge in [-0.1, -0.05) is 115 Å². The zero-order chi connectivity index (χ0) is 33.4. The first kappa shape index (κ1) is 34.5. The summed E-state index contributed by atoms with van der Waals surface area (Å²) in [4.78, 5) is 30.4. The smallest absolute Gasteiger partial charge is 0.264 e. The van der Waals surface area contributed by atoms with Crippen LogP contribution in [0.1, 0.15) is 48.8 Å². The maximum Gasteiger partial charge on any atom is 0.264 e. The summed E-state index contributed by atoms with van der Waals surface area (Å²) in [5, 5.41) is 3.60. The van der Waals surface area contributed by atoms with Gasteiger partial charge in [0.25, 0.3) is 10.0 Å². The molecule has 0 saturated heterocycles. The van der Waals surface area contributed by atoms with E-state index in [0.29, 0.717) is 0 Å². The highest BCUT2D eigenvalue weighted by Gasteiger charge is 2.36. The Bertz CT molecular complexity index is 1780. The van der Waals surface area contributed by atoms with E-state index in [0.717, 1.165) is 53.1 Å². The van der Waals surface area contributed by atoms with Gasteiger partial charge in [-0.15, -0.1) is 0 Å². The van der Waals surface area contributed by atoms with Gasteiger partial charge in [-0.2, -0.15) is 0 Å². The van der Waals surface area contributed by atoms with Crippen LogP contribution in [0.15, 0.2) is 108 Å². The Labute approximate surface area is 287 Å². The fourth-order valence-electron chi connectivity index (χ4n) is 5.98. The molecule has 10 heteroatoms. The molecule has 47 heavy (non-hydrogen) atoms. The average molecular weight is 693 g/mol. The number of amides is 2. The van der Waals surface area contributed by atoms with Crippen molar-refractivity contribution in [2.75, 3.05) is 10.8 Å². The van der Waals surface area contributed by atoms with Gasteiger partial charge < -0.3 is 10.2 Å². The minimum Gasteiger partial charge on any atom is -0.352 e. The van der Waals surface area contributed by atoms with Crippen molar-refractivity contribution in [3.05, 3.63) is 130 Å². The highest BCUT2D eigenvalue weighted by molar-refractivity contribution is 7.92. The Morgan fingerprint density at radius 3 is 2.17 bits per heavy atom. The molecule has 1 aliphatic rings. The number of nitrogens with one attached hydrogen (secondary N) is 1. The minimum atomic E-state index is -4.29. The SMILES string of the molecule is Cc1ccccc1CN(C(=O)CN(c1cc(Cl)ccc1Cl)S(=O)(=O)c1ccccc1)C(Cc1ccccc1)C(=O)NC1CCCCC1. The second-order valence-electron chi connectivity index (χ2n) is 11.9. The number of halogens is 2. The number of benzene rings is 4. The van der Waals surface area contributed by atoms with E-state index in [-0.39, 0.29) is 45.5 Å². The largest absolute Gasteiger partial charge is 0.352 e. The Morgan fingerprint density at radius 2 is 1.49 bits per heavy atom. The number of sulfonamides is 1. The average Bonchev–Trinajstić information content (AvgIpc) is 3.08. The van der Waals surface area contributed by atoms with Gasteiger partial charge in [0.05, 0.1) is 15.6 Å². The molecular weight excluding hydrogens is 653 g/mol. The van der Waals surface area contributed by atoms with Gasteiger partial charge in [-0.25, -0.2) is 8.42 Å². The second-order valence-corrected chi connectivity index (χ2v) is 14.6. The Balaban J connectivity index is 1.59. The predicted molar refractivity (Wildman–Crippen MR) is 188 cm³/mol. The lowest BCUT2D eigenvalue weighted by Crippen LogP contribution is -2.55. The molecule has 1 atom stereocenters. The Morgan fingerprint density at radius 1 is 0.851 bits per heavy atom. The van der Waals surface area contributed by atoms with Crippen LogP contribution in [0, 0.1) is 6.92 Å². The molecular formula is C37H39Cl2N3O4S. The van der Waals surface area contributed by atoms with Crippen LogP contribution in [0.2, 0.25) is 10.0 Å². The summed E-state index contributed by atoms with van der Waals surface area (Å²) in [6, 6.07) is 28.7. The predicted octanol–water partition coefficient (Wildman–Crippen LogP) is 7.59. The van der Waals surface area contributed by atoms with Crippen molar-refractivity contribution in [3.8, 4) is 0 Å². The Kier molecular flexibility index (Phi) is 11.6. The number of anilines is 1. The summed E-state index contributed by atoms with van der Waals surface area (Å²) >= 11 is 12.9. The van der Waals surface area contributed by atoms with E-state index in [1.165, 1.54) is 29.2 Å². The van der Waals surface area contributed by atoms with Crippen molar-refractivity contribution < 1.29 is 18.0 Å². The Hall–Kier alpha value is -3.85. The van der Waals surface area contributed by atoms with E-state index in [1.54, 1.807) is 24.3 Å². The molecule has 1 unspecified atom stereocenters. The van der Waals surface area contributed by atoms with E-state index in [1.807, 2.05) is 61.5 Å². The van der Waals surface area contributed by atoms with Crippen molar-refractivity contribution >= 4 is 50.7 Å². The minimum absolute atomic E-state index is 0.00910. The summed E-state index contributed by atoms with van der Waals surface area (Å²) in [5.74, 6) is -0.815. The zero-order valence-corrected chi connectivity index (χ0v) is 28.6. The lowest BCUT2D eigenvalue weighted by atomic mass is 9.94. The summed E-state index contributed by atoms with van der Waals surface area (Å²) in [5.41, 5.74) is 2.75. The van der Waals surface area contributed by atoms with Gasteiger partial charge in [0, 0.05) is 24.0 Å². The third-order valence-corrected chi connectivity index (χ3v) is 10.9. The number of carbonyl (C=O) groups excluding carboxylic acids is 2. The molecule has 1 fully saturated rings. The molecule has 4 aromatic carbocycles. The molecule has 1 saturated carbocycles. The molecule has 0 heterocycles. The summed E-state index contributed by atoms with van der Waals surface area (Å²) in [6.07, 6.45) is 5.22. The first-order valence-corrected chi connectivity index (χ1v) is 18.0. The first-order chi connectivity index (χ1) is 22.6. The van der Waals surface area contributed by atoms with Crippen molar-refractivity contribution in [1.82, 2.24) is 10.2 Å².